The van der Waals surface area contributed by atoms with Crippen molar-refractivity contribution in [1.82, 2.24) is 0 Å². The molecule has 2 aromatic rings. The molecular weight excluding hydrogens is 207 g/mol. The van der Waals surface area contributed by atoms with E-state index in [2.05, 4.69) is 24.3 Å². The average Bonchev–Trinajstić information content (AvgIpc) is 2.30. The summed E-state index contributed by atoms with van der Waals surface area (Å²) >= 11 is 5.54. The van der Waals surface area contributed by atoms with Crippen LogP contribution in [-0.4, -0.2) is 0 Å². The van der Waals surface area contributed by atoms with Gasteiger partial charge in [-0.2, -0.15) is 0 Å². The third-order valence-corrected chi connectivity index (χ3v) is 4.78. The number of hydrogen-bond acceptors (Lipinski definition) is 1. The van der Waals surface area contributed by atoms with Crippen molar-refractivity contribution in [2.24, 2.45) is 0 Å². The highest BCUT2D eigenvalue weighted by molar-refractivity contribution is 8.12. The molecule has 0 saturated heterocycles. The standard InChI is InChI=1S/C12H10PS/c14-13(11-7-3-1-4-8-11)12-9-5-2-6-10-12/h1-10H/q+1. The SMILES string of the molecule is S=[P+](c1ccccc1)c1ccccc1. The fourth-order valence-corrected chi connectivity index (χ4v) is 3.19. The Morgan fingerprint density at radius 3 is 1.36 bits per heavy atom. The second-order valence-electron chi connectivity index (χ2n) is 2.97. The minimum Gasteiger partial charge on any atom is -0.0619 e. The van der Waals surface area contributed by atoms with Gasteiger partial charge in [-0.1, -0.05) is 36.4 Å². The van der Waals surface area contributed by atoms with E-state index in [-0.39, 0.29) is 0 Å². The molecule has 0 aromatic heterocycles. The van der Waals surface area contributed by atoms with Gasteiger partial charge in [0.15, 0.2) is 22.4 Å². The van der Waals surface area contributed by atoms with E-state index in [0.717, 1.165) is 0 Å². The van der Waals surface area contributed by atoms with Crippen LogP contribution in [0.25, 0.3) is 0 Å². The first kappa shape index (κ1) is 9.51. The first-order valence-corrected chi connectivity index (χ1v) is 6.81. The number of benzene rings is 2. The normalized spacial score (nSPS) is 9.71. The third-order valence-electron chi connectivity index (χ3n) is 1.98. The van der Waals surface area contributed by atoms with Crippen LogP contribution in [0.2, 0.25) is 0 Å². The molecule has 2 heteroatoms. The van der Waals surface area contributed by atoms with E-state index in [1.165, 1.54) is 10.6 Å². The van der Waals surface area contributed by atoms with Crippen molar-refractivity contribution in [3.8, 4) is 0 Å². The van der Waals surface area contributed by atoms with Crippen LogP contribution in [0.5, 0.6) is 0 Å². The largest absolute Gasteiger partial charge is 0.250 e. The Kier molecular flexibility index (Phi) is 3.03. The second-order valence-corrected chi connectivity index (χ2v) is 5.68. The van der Waals surface area contributed by atoms with Gasteiger partial charge in [-0.15, -0.1) is 0 Å². The molecule has 0 N–H and O–H groups in total. The van der Waals surface area contributed by atoms with Crippen LogP contribution >= 0.6 is 6.70 Å². The molecule has 68 valence electrons. The van der Waals surface area contributed by atoms with E-state index in [1.807, 2.05) is 36.4 Å². The van der Waals surface area contributed by atoms with Crippen LogP contribution in [0.4, 0.5) is 0 Å². The minimum atomic E-state index is -0.587. The van der Waals surface area contributed by atoms with Crippen LogP contribution in [0.15, 0.2) is 60.7 Å². The van der Waals surface area contributed by atoms with Crippen LogP contribution < -0.4 is 10.6 Å². The van der Waals surface area contributed by atoms with Gasteiger partial charge in [-0.05, 0) is 24.3 Å². The molecule has 14 heavy (non-hydrogen) atoms. The van der Waals surface area contributed by atoms with E-state index in [4.69, 9.17) is 11.8 Å². The first-order chi connectivity index (χ1) is 6.88. The number of rotatable bonds is 2. The molecule has 0 nitrogen and oxygen atoms in total. The van der Waals surface area contributed by atoms with Gasteiger partial charge in [-0.25, -0.2) is 0 Å². The van der Waals surface area contributed by atoms with Gasteiger partial charge in [0.2, 0.25) is 6.70 Å². The van der Waals surface area contributed by atoms with Gasteiger partial charge in [0, 0.05) is 0 Å². The first-order valence-electron chi connectivity index (χ1n) is 4.45. The van der Waals surface area contributed by atoms with Gasteiger partial charge < -0.3 is 0 Å². The van der Waals surface area contributed by atoms with Crippen molar-refractivity contribution in [2.75, 3.05) is 0 Å². The molecule has 0 bridgehead atoms. The zero-order valence-corrected chi connectivity index (χ0v) is 9.34. The summed E-state index contributed by atoms with van der Waals surface area (Å²) in [6, 6.07) is 20.6. The van der Waals surface area contributed by atoms with Crippen molar-refractivity contribution in [2.45, 2.75) is 0 Å². The second kappa shape index (κ2) is 4.45. The molecule has 2 aromatic carbocycles. The van der Waals surface area contributed by atoms with Gasteiger partial charge in [0.05, 0.1) is 0 Å². The number of hydrogen-bond donors (Lipinski definition) is 0. The van der Waals surface area contributed by atoms with Crippen molar-refractivity contribution in [3.05, 3.63) is 60.7 Å². The highest BCUT2D eigenvalue weighted by atomic mass is 32.4. The Morgan fingerprint density at radius 1 is 0.643 bits per heavy atom. The minimum absolute atomic E-state index is 0.587. The summed E-state index contributed by atoms with van der Waals surface area (Å²) in [5, 5.41) is 2.51. The van der Waals surface area contributed by atoms with Crippen molar-refractivity contribution in [3.63, 3.8) is 0 Å². The lowest BCUT2D eigenvalue weighted by Crippen LogP contribution is -2.04. The molecule has 0 fully saturated rings. The molecule has 0 aliphatic heterocycles. The molecule has 0 heterocycles. The van der Waals surface area contributed by atoms with Gasteiger partial charge >= 0.3 is 0 Å². The lowest BCUT2D eigenvalue weighted by Gasteiger charge is -1.90. The highest BCUT2D eigenvalue weighted by Gasteiger charge is 2.15. The maximum absolute atomic E-state index is 5.54. The fraction of sp³-hybridized carbons (Fsp3) is 0. The Labute approximate surface area is 90.0 Å². The van der Waals surface area contributed by atoms with Crippen LogP contribution in [0.3, 0.4) is 0 Å². The molecule has 0 aliphatic carbocycles. The lowest BCUT2D eigenvalue weighted by atomic mass is 10.4. The monoisotopic (exact) mass is 217 g/mol. The summed E-state index contributed by atoms with van der Waals surface area (Å²) in [4.78, 5) is 0. The van der Waals surface area contributed by atoms with E-state index < -0.39 is 6.70 Å². The Morgan fingerprint density at radius 2 is 1.00 bits per heavy atom. The van der Waals surface area contributed by atoms with Crippen LogP contribution in [-0.2, 0) is 11.8 Å². The van der Waals surface area contributed by atoms with Crippen LogP contribution in [0.1, 0.15) is 0 Å². The summed E-state index contributed by atoms with van der Waals surface area (Å²) in [5.41, 5.74) is 0. The van der Waals surface area contributed by atoms with Gasteiger partial charge in [0.1, 0.15) is 0 Å². The van der Waals surface area contributed by atoms with Crippen molar-refractivity contribution >= 4 is 29.1 Å². The summed E-state index contributed by atoms with van der Waals surface area (Å²) in [5.74, 6) is 0. The Hall–Kier alpha value is -1.04. The summed E-state index contributed by atoms with van der Waals surface area (Å²) in [6.07, 6.45) is 0. The molecule has 2 rings (SSSR count). The molecule has 0 saturated carbocycles. The average molecular weight is 217 g/mol. The lowest BCUT2D eigenvalue weighted by molar-refractivity contribution is 1.76. The smallest absolute Gasteiger partial charge is 0.0619 e. The van der Waals surface area contributed by atoms with Crippen molar-refractivity contribution < 1.29 is 0 Å². The Bertz CT molecular complexity index is 381. The maximum atomic E-state index is 5.54. The van der Waals surface area contributed by atoms with Crippen molar-refractivity contribution in [1.29, 1.82) is 0 Å². The third kappa shape index (κ3) is 2.06. The molecule has 0 amide bonds. The molecule has 0 aliphatic rings. The zero-order chi connectivity index (χ0) is 9.80. The van der Waals surface area contributed by atoms with Gasteiger partial charge in [0.25, 0.3) is 0 Å². The predicted molar refractivity (Wildman–Crippen MR) is 66.4 cm³/mol. The Balaban J connectivity index is 2.35. The highest BCUT2D eigenvalue weighted by Crippen LogP contribution is 2.18. The van der Waals surface area contributed by atoms with Gasteiger partial charge in [-0.3, -0.25) is 0 Å². The van der Waals surface area contributed by atoms with E-state index in [0.29, 0.717) is 0 Å². The van der Waals surface area contributed by atoms with E-state index >= 15 is 0 Å². The molecule has 0 spiro atoms. The van der Waals surface area contributed by atoms with E-state index in [1.54, 1.807) is 0 Å². The molecule has 0 atom stereocenters. The quantitative estimate of drug-likeness (QED) is 0.697. The summed E-state index contributed by atoms with van der Waals surface area (Å²) < 4.78 is 0. The van der Waals surface area contributed by atoms with Crippen LogP contribution in [0, 0.1) is 0 Å². The predicted octanol–water partition coefficient (Wildman–Crippen LogP) is 2.58. The maximum Gasteiger partial charge on any atom is 0.250 e. The molecule has 0 radical (unpaired) electrons. The fourth-order valence-electron chi connectivity index (χ4n) is 1.28. The molecule has 0 unspecified atom stereocenters. The topological polar surface area (TPSA) is 0 Å². The van der Waals surface area contributed by atoms with E-state index in [9.17, 15) is 0 Å². The zero-order valence-electron chi connectivity index (χ0n) is 7.63. The summed E-state index contributed by atoms with van der Waals surface area (Å²) in [7, 11) is 0. The molecular formula is C12H10PS+. The summed E-state index contributed by atoms with van der Waals surface area (Å²) in [6.45, 7) is -0.587.